The van der Waals surface area contributed by atoms with Gasteiger partial charge >= 0.3 is 11.9 Å². The molecule has 8 rings (SSSR count). The largest absolute Gasteiger partial charge is 0.460 e. The van der Waals surface area contributed by atoms with Gasteiger partial charge in [0.25, 0.3) is 0 Å². The minimum absolute atomic E-state index is 0.0234. The van der Waals surface area contributed by atoms with Gasteiger partial charge in [-0.15, -0.1) is 0 Å². The molecule has 8 fully saturated rings. The van der Waals surface area contributed by atoms with Crippen molar-refractivity contribution in [3.05, 3.63) is 24.3 Å². The van der Waals surface area contributed by atoms with Crippen LogP contribution in [0.15, 0.2) is 24.3 Å². The number of hydrogen-bond acceptors (Lipinski definition) is 26. The lowest BCUT2D eigenvalue weighted by Gasteiger charge is -2.51. The van der Waals surface area contributed by atoms with E-state index in [1.165, 1.54) is 26.4 Å². The quantitative estimate of drug-likeness (QED) is 0.0346. The smallest absolute Gasteiger partial charge is 0.330 e. The number of allylic oxidation sites excluding steroid dienone is 2. The van der Waals surface area contributed by atoms with Gasteiger partial charge in [0.1, 0.15) is 92.6 Å². The topological polar surface area (TPSA) is 422 Å². The van der Waals surface area contributed by atoms with Crippen LogP contribution in [0.4, 0.5) is 0 Å². The lowest BCUT2D eigenvalue weighted by Crippen LogP contribution is -2.66. The van der Waals surface area contributed by atoms with Crippen molar-refractivity contribution in [3.63, 3.8) is 0 Å². The van der Waals surface area contributed by atoms with Crippen molar-refractivity contribution in [3.8, 4) is 0 Å². The predicted molar refractivity (Wildman–Crippen MR) is 267 cm³/mol. The highest BCUT2D eigenvalue weighted by Crippen LogP contribution is 2.45. The van der Waals surface area contributed by atoms with E-state index in [2.05, 4.69) is 0 Å². The zero-order valence-electron chi connectivity index (χ0n) is 44.8. The minimum atomic E-state index is -2.04. The number of aliphatic hydroxyl groups is 16. The van der Waals surface area contributed by atoms with Crippen LogP contribution < -0.4 is 0 Å². The highest BCUT2D eigenvalue weighted by atomic mass is 16.8. The summed E-state index contributed by atoms with van der Waals surface area (Å²) in [6, 6.07) is 0. The van der Waals surface area contributed by atoms with E-state index in [0.717, 1.165) is 6.08 Å². The molecule has 0 spiro atoms. The molecule has 458 valence electrons. The summed E-state index contributed by atoms with van der Waals surface area (Å²) < 4.78 is 64.5. The first-order chi connectivity index (χ1) is 38.2. The van der Waals surface area contributed by atoms with E-state index < -0.39 is 197 Å². The normalized spacial score (nSPS) is 48.6. The summed E-state index contributed by atoms with van der Waals surface area (Å²) in [6.07, 6.45) is -26.2. The summed E-state index contributed by atoms with van der Waals surface area (Å²) in [6.45, 7) is -2.06. The van der Waals surface area contributed by atoms with Crippen molar-refractivity contribution in [1.82, 2.24) is 0 Å². The third-order valence-corrected chi connectivity index (χ3v) is 17.6. The average Bonchev–Trinajstić information content (AvgIpc) is 3.58. The van der Waals surface area contributed by atoms with Crippen molar-refractivity contribution in [2.24, 2.45) is 23.7 Å². The number of fused-ring (bicyclic) bond motifs is 1. The fourth-order valence-corrected chi connectivity index (χ4v) is 12.8. The Morgan fingerprint density at radius 3 is 1.60 bits per heavy atom. The zero-order valence-corrected chi connectivity index (χ0v) is 44.8. The second-order valence-electron chi connectivity index (χ2n) is 22.9. The number of rotatable bonds is 18. The van der Waals surface area contributed by atoms with Crippen molar-refractivity contribution < 1.29 is 133 Å². The van der Waals surface area contributed by atoms with Crippen LogP contribution in [-0.4, -0.2) is 281 Å². The molecule has 4 saturated heterocycles. The van der Waals surface area contributed by atoms with E-state index in [0.29, 0.717) is 51.4 Å². The fraction of sp³-hybridized carbons (Fsp3) is 0.887. The second kappa shape index (κ2) is 28.6. The maximum Gasteiger partial charge on any atom is 0.330 e. The van der Waals surface area contributed by atoms with E-state index in [9.17, 15) is 81.1 Å². The SMILES string of the molecule is COC1CC(C=CC(=O)OCC2OC(OC3C(OC4CC5C(OC6OC(CO)C(O)C(O)C6O)CC(O)CC5[OH+]C4C4CCC(O)C(OC)C4)OC(COC(=O)C=CC4CCC(O)C(O)C4)C(O)C3O)C(O)C(O)C2O)CCC1O. The summed E-state index contributed by atoms with van der Waals surface area (Å²) in [5.41, 5.74) is 0. The Hall–Kier alpha value is -2.50. The molecule has 80 heavy (non-hydrogen) atoms. The monoisotopic (exact) mass is 1150 g/mol. The van der Waals surface area contributed by atoms with Crippen molar-refractivity contribution in [2.45, 2.75) is 236 Å². The van der Waals surface area contributed by atoms with Crippen LogP contribution in [0.5, 0.6) is 0 Å². The van der Waals surface area contributed by atoms with Gasteiger partial charge in [0.2, 0.25) is 0 Å². The molecule has 4 aliphatic heterocycles. The first-order valence-corrected chi connectivity index (χ1v) is 28.0. The van der Waals surface area contributed by atoms with Gasteiger partial charge in [0.05, 0.1) is 61.4 Å². The van der Waals surface area contributed by atoms with Crippen LogP contribution in [0.25, 0.3) is 0 Å². The molecule has 30 atom stereocenters. The van der Waals surface area contributed by atoms with Crippen molar-refractivity contribution >= 4 is 11.9 Å². The minimum Gasteiger partial charge on any atom is -0.460 e. The molecule has 0 aromatic rings. The number of aliphatic hydroxyl groups excluding tert-OH is 14. The summed E-state index contributed by atoms with van der Waals surface area (Å²) >= 11 is 0. The van der Waals surface area contributed by atoms with E-state index in [4.69, 9.17) is 52.1 Å². The Morgan fingerprint density at radius 1 is 0.487 bits per heavy atom. The Morgan fingerprint density at radius 2 is 1.00 bits per heavy atom. The number of carbonyl (C=O) groups excluding carboxylic acids is 2. The zero-order chi connectivity index (χ0) is 57.7. The van der Waals surface area contributed by atoms with Gasteiger partial charge in [-0.25, -0.2) is 9.59 Å². The van der Waals surface area contributed by atoms with Crippen molar-refractivity contribution in [2.75, 3.05) is 34.0 Å². The first kappa shape index (κ1) is 63.5. The average molecular weight is 1150 g/mol. The van der Waals surface area contributed by atoms with Gasteiger partial charge in [-0.1, -0.05) is 12.2 Å². The third kappa shape index (κ3) is 15.1. The van der Waals surface area contributed by atoms with Crippen LogP contribution in [0.3, 0.4) is 0 Å². The van der Waals surface area contributed by atoms with Crippen LogP contribution in [-0.2, 0) is 57.0 Å². The molecule has 4 aliphatic carbocycles. The van der Waals surface area contributed by atoms with Gasteiger partial charge < -0.3 is 124 Å². The molecule has 27 heteroatoms. The molecule has 0 bridgehead atoms. The van der Waals surface area contributed by atoms with Crippen LogP contribution in [0, 0.1) is 23.7 Å². The molecule has 27 nitrogen and oxygen atoms in total. The molecular weight excluding hydrogens is 1070 g/mol. The third-order valence-electron chi connectivity index (χ3n) is 17.6. The van der Waals surface area contributed by atoms with Crippen LogP contribution in [0.2, 0.25) is 0 Å². The first-order valence-electron chi connectivity index (χ1n) is 28.0. The van der Waals surface area contributed by atoms with Gasteiger partial charge in [-0.05, 0) is 76.0 Å². The predicted octanol–water partition coefficient (Wildman–Crippen LogP) is -5.29. The number of esters is 2. The Labute approximate surface area is 462 Å². The number of methoxy groups -OCH3 is 2. The molecule has 0 aromatic carbocycles. The summed E-state index contributed by atoms with van der Waals surface area (Å²) in [4.78, 5) is 26.1. The Balaban J connectivity index is 1.04. The van der Waals surface area contributed by atoms with Gasteiger partial charge in [-0.3, -0.25) is 0 Å². The van der Waals surface area contributed by atoms with E-state index in [-0.39, 0.29) is 43.4 Å². The van der Waals surface area contributed by atoms with E-state index in [1.54, 1.807) is 6.08 Å². The fourth-order valence-electron chi connectivity index (χ4n) is 12.8. The Kier molecular flexibility index (Phi) is 22.7. The Bertz CT molecular complexity index is 2020. The molecule has 8 aliphatic rings. The maximum atomic E-state index is 13.1. The second-order valence-corrected chi connectivity index (χ2v) is 22.9. The summed E-state index contributed by atoms with van der Waals surface area (Å²) in [7, 11) is 2.94. The van der Waals surface area contributed by atoms with E-state index >= 15 is 0 Å². The molecular formula is C53H85O27+. The number of hydrogen-bond donors (Lipinski definition) is 14. The lowest BCUT2D eigenvalue weighted by molar-refractivity contribution is -0.390. The number of ether oxygens (including phenoxy) is 11. The van der Waals surface area contributed by atoms with Gasteiger partial charge in [0, 0.05) is 45.1 Å². The molecule has 4 saturated carbocycles. The molecule has 0 radical (unpaired) electrons. The molecule has 0 aromatic heterocycles. The van der Waals surface area contributed by atoms with Gasteiger partial charge in [0.15, 0.2) is 31.1 Å². The molecule has 30 unspecified atom stereocenters. The lowest BCUT2D eigenvalue weighted by atomic mass is 9.72. The standard InChI is InChI=1S/C53H84O27/c1-70-33-14-23(4-9-28(33)57)6-12-40(61)72-20-37-42(63)45(66)48(69)52(78-37)80-50-46(67)43(64)38(21-73-39(60)11-5-22-3-8-27(56)30(59)13-22)79-53(50)76-35-18-26-31(74-49(35)24-7-10-29(58)34(15-24)71-2)16-25(55)17-32(26)75-51-47(68)44(65)41(62)36(19-54)77-51/h5-6,11-12,22-38,41-59,62-69H,3-4,7-10,13-21H2,1-2H3/p+1. The maximum absolute atomic E-state index is 13.1. The highest BCUT2D eigenvalue weighted by molar-refractivity contribution is 5.82. The van der Waals surface area contributed by atoms with Crippen molar-refractivity contribution in [1.29, 1.82) is 0 Å². The van der Waals surface area contributed by atoms with Gasteiger partial charge in [-0.2, -0.15) is 0 Å². The van der Waals surface area contributed by atoms with E-state index in [1.807, 2.05) is 0 Å². The molecule has 15 N–H and O–H groups in total. The van der Waals surface area contributed by atoms with Crippen LogP contribution in [0.1, 0.15) is 77.0 Å². The number of carbonyl (C=O) groups is 2. The summed E-state index contributed by atoms with van der Waals surface area (Å²) in [5.74, 6) is -3.08. The molecule has 4 heterocycles. The van der Waals surface area contributed by atoms with Crippen LogP contribution >= 0.6 is 0 Å². The summed E-state index contributed by atoms with van der Waals surface area (Å²) in [5, 5.41) is 152. The highest BCUT2D eigenvalue weighted by Gasteiger charge is 2.58. The molecule has 0 amide bonds.